The number of methoxy groups -OCH3 is 1. The van der Waals surface area contributed by atoms with Crippen molar-refractivity contribution in [1.82, 2.24) is 5.32 Å². The predicted octanol–water partition coefficient (Wildman–Crippen LogP) is 3.38. The summed E-state index contributed by atoms with van der Waals surface area (Å²) in [6, 6.07) is 5.38. The second-order valence-corrected chi connectivity index (χ2v) is 7.00. The lowest BCUT2D eigenvalue weighted by Crippen LogP contribution is -2.52. The summed E-state index contributed by atoms with van der Waals surface area (Å²) in [6.07, 6.45) is 4.09. The van der Waals surface area contributed by atoms with Gasteiger partial charge in [-0.1, -0.05) is 19.3 Å². The zero-order chi connectivity index (χ0) is 18.4. The van der Waals surface area contributed by atoms with Crippen LogP contribution in [0, 0.1) is 11.3 Å². The molecule has 7 heteroatoms. The third kappa shape index (κ3) is 4.51. The average molecular weight is 409 g/mol. The standard InChI is InChI=1S/C18H21BrN2O4/c1-12(17(23)21-18(11-20)6-4-3-5-7-18)25-16-8-13(10-22)14(19)9-15(16)24-2/h8-10,12H,3-7H2,1-2H3,(H,21,23)/t12-/m0/s1. The number of aldehydes is 1. The molecule has 0 saturated heterocycles. The maximum atomic E-state index is 12.5. The van der Waals surface area contributed by atoms with Crippen LogP contribution in [0.2, 0.25) is 0 Å². The summed E-state index contributed by atoms with van der Waals surface area (Å²) in [5, 5.41) is 12.3. The number of hydrogen-bond donors (Lipinski definition) is 1. The van der Waals surface area contributed by atoms with Gasteiger partial charge in [-0.25, -0.2) is 0 Å². The van der Waals surface area contributed by atoms with Crippen LogP contribution in [-0.4, -0.2) is 30.9 Å². The van der Waals surface area contributed by atoms with Crippen LogP contribution >= 0.6 is 15.9 Å². The molecule has 6 nitrogen and oxygen atoms in total. The molecule has 1 fully saturated rings. The maximum Gasteiger partial charge on any atom is 0.262 e. The SMILES string of the molecule is COc1cc(Br)c(C=O)cc1O[C@@H](C)C(=O)NC1(C#N)CCCCC1. The highest BCUT2D eigenvalue weighted by atomic mass is 79.9. The summed E-state index contributed by atoms with van der Waals surface area (Å²) in [7, 11) is 1.48. The van der Waals surface area contributed by atoms with Crippen LogP contribution in [0.25, 0.3) is 0 Å². The molecule has 1 aliphatic carbocycles. The fourth-order valence-electron chi connectivity index (χ4n) is 2.89. The van der Waals surface area contributed by atoms with Gasteiger partial charge in [0.2, 0.25) is 0 Å². The number of rotatable bonds is 6. The van der Waals surface area contributed by atoms with Crippen LogP contribution in [0.4, 0.5) is 0 Å². The molecule has 0 unspecified atom stereocenters. The Morgan fingerprint density at radius 1 is 1.36 bits per heavy atom. The molecule has 0 aromatic heterocycles. The molecular formula is C18H21BrN2O4. The van der Waals surface area contributed by atoms with Crippen molar-refractivity contribution in [3.05, 3.63) is 22.2 Å². The lowest BCUT2D eigenvalue weighted by molar-refractivity contribution is -0.129. The van der Waals surface area contributed by atoms with E-state index in [-0.39, 0.29) is 5.91 Å². The first kappa shape index (κ1) is 19.3. The number of nitrogens with zero attached hydrogens (tertiary/aromatic N) is 1. The summed E-state index contributed by atoms with van der Waals surface area (Å²) in [4.78, 5) is 23.6. The molecule has 2 rings (SSSR count). The van der Waals surface area contributed by atoms with Gasteiger partial charge in [-0.3, -0.25) is 9.59 Å². The normalized spacial score (nSPS) is 17.0. The van der Waals surface area contributed by atoms with Gasteiger partial charge in [-0.2, -0.15) is 5.26 Å². The van der Waals surface area contributed by atoms with Crippen LogP contribution in [0.1, 0.15) is 49.4 Å². The van der Waals surface area contributed by atoms with Gasteiger partial charge in [0.25, 0.3) is 5.91 Å². The van der Waals surface area contributed by atoms with Gasteiger partial charge in [0, 0.05) is 10.0 Å². The first-order chi connectivity index (χ1) is 11.9. The molecule has 134 valence electrons. The van der Waals surface area contributed by atoms with Gasteiger partial charge in [-0.05, 0) is 47.8 Å². The molecule has 1 aromatic carbocycles. The topological polar surface area (TPSA) is 88.4 Å². The lowest BCUT2D eigenvalue weighted by atomic mass is 9.83. The number of ether oxygens (including phenoxy) is 2. The van der Waals surface area contributed by atoms with Crippen molar-refractivity contribution < 1.29 is 19.1 Å². The molecule has 1 N–H and O–H groups in total. The Hall–Kier alpha value is -2.07. The van der Waals surface area contributed by atoms with E-state index in [1.165, 1.54) is 13.2 Å². The zero-order valence-electron chi connectivity index (χ0n) is 14.3. The Morgan fingerprint density at radius 2 is 2.04 bits per heavy atom. The second kappa shape index (κ2) is 8.34. The first-order valence-electron chi connectivity index (χ1n) is 8.17. The predicted molar refractivity (Wildman–Crippen MR) is 95.7 cm³/mol. The van der Waals surface area contributed by atoms with Crippen molar-refractivity contribution in [2.45, 2.75) is 50.7 Å². The van der Waals surface area contributed by atoms with E-state index in [0.29, 0.717) is 40.7 Å². The molecular weight excluding hydrogens is 388 g/mol. The Bertz CT molecular complexity index is 693. The molecule has 0 heterocycles. The monoisotopic (exact) mass is 408 g/mol. The third-order valence-corrected chi connectivity index (χ3v) is 5.05. The van der Waals surface area contributed by atoms with E-state index in [0.717, 1.165) is 19.3 Å². The Labute approximate surface area is 155 Å². The van der Waals surface area contributed by atoms with E-state index in [9.17, 15) is 14.9 Å². The number of nitrogens with one attached hydrogen (secondary N) is 1. The van der Waals surface area contributed by atoms with E-state index < -0.39 is 11.6 Å². The smallest absolute Gasteiger partial charge is 0.262 e. The highest BCUT2D eigenvalue weighted by molar-refractivity contribution is 9.10. The van der Waals surface area contributed by atoms with E-state index >= 15 is 0 Å². The van der Waals surface area contributed by atoms with E-state index in [4.69, 9.17) is 9.47 Å². The third-order valence-electron chi connectivity index (χ3n) is 4.37. The summed E-state index contributed by atoms with van der Waals surface area (Å²) in [5.74, 6) is 0.343. The van der Waals surface area contributed by atoms with Crippen LogP contribution in [0.5, 0.6) is 11.5 Å². The highest BCUT2D eigenvalue weighted by Crippen LogP contribution is 2.34. The number of amides is 1. The maximum absolute atomic E-state index is 12.5. The molecule has 0 aliphatic heterocycles. The molecule has 1 saturated carbocycles. The van der Waals surface area contributed by atoms with Crippen LogP contribution < -0.4 is 14.8 Å². The largest absolute Gasteiger partial charge is 0.493 e. The minimum absolute atomic E-state index is 0.296. The van der Waals surface area contributed by atoms with Gasteiger partial charge in [0.15, 0.2) is 23.9 Å². The number of carbonyl (C=O) groups is 2. The van der Waals surface area contributed by atoms with E-state index in [1.54, 1.807) is 13.0 Å². The Kier molecular flexibility index (Phi) is 6.43. The van der Waals surface area contributed by atoms with Crippen molar-refractivity contribution in [1.29, 1.82) is 5.26 Å². The molecule has 0 bridgehead atoms. The lowest BCUT2D eigenvalue weighted by Gasteiger charge is -2.32. The molecule has 1 aromatic rings. The molecule has 0 radical (unpaired) electrons. The average Bonchev–Trinajstić information content (AvgIpc) is 2.63. The van der Waals surface area contributed by atoms with Gasteiger partial charge in [0.1, 0.15) is 5.54 Å². The minimum atomic E-state index is -0.832. The number of carbonyl (C=O) groups excluding carboxylic acids is 2. The van der Waals surface area contributed by atoms with Gasteiger partial charge in [-0.15, -0.1) is 0 Å². The molecule has 1 amide bonds. The Balaban J connectivity index is 2.13. The summed E-state index contributed by atoms with van der Waals surface area (Å²) < 4.78 is 11.5. The first-order valence-corrected chi connectivity index (χ1v) is 8.96. The number of benzene rings is 1. The summed E-state index contributed by atoms with van der Waals surface area (Å²) in [5.41, 5.74) is -0.422. The fraction of sp³-hybridized carbons (Fsp3) is 0.500. The molecule has 1 atom stereocenters. The molecule has 0 spiro atoms. The van der Waals surface area contributed by atoms with Crippen molar-refractivity contribution in [3.8, 4) is 17.6 Å². The quantitative estimate of drug-likeness (QED) is 0.728. The van der Waals surface area contributed by atoms with Crippen LogP contribution in [0.15, 0.2) is 16.6 Å². The van der Waals surface area contributed by atoms with Crippen molar-refractivity contribution in [2.24, 2.45) is 0 Å². The van der Waals surface area contributed by atoms with Crippen molar-refractivity contribution >= 4 is 28.1 Å². The van der Waals surface area contributed by atoms with Crippen molar-refractivity contribution in [3.63, 3.8) is 0 Å². The zero-order valence-corrected chi connectivity index (χ0v) is 15.9. The van der Waals surface area contributed by atoms with Crippen LogP contribution in [0.3, 0.4) is 0 Å². The summed E-state index contributed by atoms with van der Waals surface area (Å²) in [6.45, 7) is 1.60. The Morgan fingerprint density at radius 3 is 2.60 bits per heavy atom. The molecule has 25 heavy (non-hydrogen) atoms. The highest BCUT2D eigenvalue weighted by Gasteiger charge is 2.35. The number of hydrogen-bond acceptors (Lipinski definition) is 5. The number of halogens is 1. The molecule has 1 aliphatic rings. The number of nitriles is 1. The minimum Gasteiger partial charge on any atom is -0.493 e. The van der Waals surface area contributed by atoms with Gasteiger partial charge < -0.3 is 14.8 Å². The fourth-order valence-corrected chi connectivity index (χ4v) is 3.31. The van der Waals surface area contributed by atoms with E-state index in [1.807, 2.05) is 0 Å². The van der Waals surface area contributed by atoms with Crippen LogP contribution in [-0.2, 0) is 4.79 Å². The van der Waals surface area contributed by atoms with E-state index in [2.05, 4.69) is 27.3 Å². The second-order valence-electron chi connectivity index (χ2n) is 6.15. The van der Waals surface area contributed by atoms with Gasteiger partial charge >= 0.3 is 0 Å². The van der Waals surface area contributed by atoms with Gasteiger partial charge in [0.05, 0.1) is 13.2 Å². The van der Waals surface area contributed by atoms with Crippen molar-refractivity contribution in [2.75, 3.05) is 7.11 Å². The summed E-state index contributed by atoms with van der Waals surface area (Å²) >= 11 is 3.28.